The van der Waals surface area contributed by atoms with E-state index < -0.39 is 0 Å². The summed E-state index contributed by atoms with van der Waals surface area (Å²) in [4.78, 5) is 12.2. The van der Waals surface area contributed by atoms with Gasteiger partial charge in [-0.25, -0.2) is 0 Å². The molecule has 1 aromatic carbocycles. The third-order valence-electron chi connectivity index (χ3n) is 3.12. The van der Waals surface area contributed by atoms with Gasteiger partial charge in [0, 0.05) is 22.1 Å². The Balaban J connectivity index is 2.12. The third kappa shape index (κ3) is 2.87. The quantitative estimate of drug-likeness (QED) is 0.943. The van der Waals surface area contributed by atoms with Crippen LogP contribution in [0.5, 0.6) is 0 Å². The van der Waals surface area contributed by atoms with Crippen LogP contribution < -0.4 is 5.32 Å². The second-order valence-corrected chi connectivity index (χ2v) is 5.25. The molecule has 0 aliphatic carbocycles. The van der Waals surface area contributed by atoms with E-state index in [0.717, 1.165) is 27.1 Å². The van der Waals surface area contributed by atoms with Crippen molar-refractivity contribution in [1.29, 1.82) is 0 Å². The largest absolute Gasteiger partial charge is 0.361 e. The van der Waals surface area contributed by atoms with Gasteiger partial charge in [-0.1, -0.05) is 27.2 Å². The van der Waals surface area contributed by atoms with Crippen LogP contribution >= 0.6 is 15.9 Å². The fraction of sp³-hybridized carbons (Fsp3) is 0.286. The zero-order valence-electron chi connectivity index (χ0n) is 11.1. The van der Waals surface area contributed by atoms with Gasteiger partial charge in [0.25, 0.3) is 5.91 Å². The average molecular weight is 323 g/mol. The second-order valence-electron chi connectivity index (χ2n) is 4.40. The Morgan fingerprint density at radius 1 is 1.37 bits per heavy atom. The van der Waals surface area contributed by atoms with Gasteiger partial charge in [-0.15, -0.1) is 0 Å². The molecule has 5 heteroatoms. The number of rotatable bonds is 3. The van der Waals surface area contributed by atoms with Gasteiger partial charge in [-0.2, -0.15) is 0 Å². The van der Waals surface area contributed by atoms with E-state index >= 15 is 0 Å². The molecule has 1 N–H and O–H groups in total. The normalized spacial score (nSPS) is 10.5. The number of nitrogens with one attached hydrogen (secondary N) is 1. The SMILES string of the molecule is Cc1noc(C)c1CNC(=O)c1cccc(Br)c1C. The molecule has 0 saturated heterocycles. The number of aryl methyl sites for hydroxylation is 2. The molecule has 0 bridgehead atoms. The molecule has 19 heavy (non-hydrogen) atoms. The van der Waals surface area contributed by atoms with Crippen molar-refractivity contribution in [1.82, 2.24) is 10.5 Å². The molecule has 1 heterocycles. The minimum Gasteiger partial charge on any atom is -0.361 e. The van der Waals surface area contributed by atoms with E-state index in [1.165, 1.54) is 0 Å². The van der Waals surface area contributed by atoms with Crippen molar-refractivity contribution in [2.75, 3.05) is 0 Å². The van der Waals surface area contributed by atoms with E-state index in [0.29, 0.717) is 12.1 Å². The van der Waals surface area contributed by atoms with Gasteiger partial charge in [0.2, 0.25) is 0 Å². The highest BCUT2D eigenvalue weighted by Gasteiger charge is 2.13. The molecule has 0 radical (unpaired) electrons. The number of benzene rings is 1. The minimum atomic E-state index is -0.0983. The van der Waals surface area contributed by atoms with Gasteiger partial charge in [0.15, 0.2) is 0 Å². The highest BCUT2D eigenvalue weighted by molar-refractivity contribution is 9.10. The Hall–Kier alpha value is -1.62. The first-order chi connectivity index (χ1) is 9.00. The zero-order valence-corrected chi connectivity index (χ0v) is 12.7. The standard InChI is InChI=1S/C14H15BrN2O2/c1-8-11(5-4-6-13(8)15)14(18)16-7-12-9(2)17-19-10(12)3/h4-6H,7H2,1-3H3,(H,16,18). The maximum atomic E-state index is 12.2. The predicted octanol–water partition coefficient (Wildman–Crippen LogP) is 3.29. The van der Waals surface area contributed by atoms with Crippen LogP contribution in [0.3, 0.4) is 0 Å². The van der Waals surface area contributed by atoms with Gasteiger partial charge < -0.3 is 9.84 Å². The van der Waals surface area contributed by atoms with Gasteiger partial charge >= 0.3 is 0 Å². The van der Waals surface area contributed by atoms with Crippen LogP contribution in [0.4, 0.5) is 0 Å². The molecule has 0 spiro atoms. The summed E-state index contributed by atoms with van der Waals surface area (Å²) in [5.74, 6) is 0.641. The van der Waals surface area contributed by atoms with Crippen LogP contribution in [0.2, 0.25) is 0 Å². The number of amides is 1. The molecule has 1 aromatic heterocycles. The maximum absolute atomic E-state index is 12.2. The smallest absolute Gasteiger partial charge is 0.251 e. The molecule has 0 saturated carbocycles. The molecule has 1 amide bonds. The molecule has 0 aliphatic heterocycles. The first-order valence-corrected chi connectivity index (χ1v) is 6.75. The molecule has 0 atom stereocenters. The fourth-order valence-electron chi connectivity index (χ4n) is 1.87. The molecular weight excluding hydrogens is 308 g/mol. The van der Waals surface area contributed by atoms with Crippen molar-refractivity contribution < 1.29 is 9.32 Å². The van der Waals surface area contributed by atoms with Crippen LogP contribution in [0.1, 0.15) is 32.9 Å². The molecule has 0 fully saturated rings. The first-order valence-electron chi connectivity index (χ1n) is 5.95. The number of hydrogen-bond donors (Lipinski definition) is 1. The minimum absolute atomic E-state index is 0.0983. The van der Waals surface area contributed by atoms with Crippen LogP contribution in [0.15, 0.2) is 27.2 Å². The van der Waals surface area contributed by atoms with Crippen molar-refractivity contribution >= 4 is 21.8 Å². The van der Waals surface area contributed by atoms with E-state index in [1.807, 2.05) is 39.0 Å². The van der Waals surface area contributed by atoms with E-state index in [2.05, 4.69) is 26.4 Å². The van der Waals surface area contributed by atoms with Crippen LogP contribution in [-0.2, 0) is 6.54 Å². The summed E-state index contributed by atoms with van der Waals surface area (Å²) in [6.45, 7) is 6.04. The Morgan fingerprint density at radius 2 is 2.11 bits per heavy atom. The lowest BCUT2D eigenvalue weighted by atomic mass is 10.1. The lowest BCUT2D eigenvalue weighted by molar-refractivity contribution is 0.0950. The van der Waals surface area contributed by atoms with Gasteiger partial charge in [-0.05, 0) is 38.5 Å². The van der Waals surface area contributed by atoms with E-state index in [-0.39, 0.29) is 5.91 Å². The number of hydrogen-bond acceptors (Lipinski definition) is 3. The first kappa shape index (κ1) is 13.8. The monoisotopic (exact) mass is 322 g/mol. The molecule has 0 aliphatic rings. The highest BCUT2D eigenvalue weighted by Crippen LogP contribution is 2.19. The molecule has 2 rings (SSSR count). The number of nitrogens with zero attached hydrogens (tertiary/aromatic N) is 1. The number of aromatic nitrogens is 1. The molecule has 100 valence electrons. The summed E-state index contributed by atoms with van der Waals surface area (Å²) < 4.78 is 6.00. The van der Waals surface area contributed by atoms with Gasteiger partial charge in [-0.3, -0.25) is 4.79 Å². The van der Waals surface area contributed by atoms with Crippen molar-refractivity contribution in [2.24, 2.45) is 0 Å². The van der Waals surface area contributed by atoms with Crippen LogP contribution in [-0.4, -0.2) is 11.1 Å². The lowest BCUT2D eigenvalue weighted by Crippen LogP contribution is -2.24. The Labute approximate surface area is 120 Å². The summed E-state index contributed by atoms with van der Waals surface area (Å²) in [7, 11) is 0. The maximum Gasteiger partial charge on any atom is 0.251 e. The highest BCUT2D eigenvalue weighted by atomic mass is 79.9. The summed E-state index contributed by atoms with van der Waals surface area (Å²) in [6, 6.07) is 5.57. The topological polar surface area (TPSA) is 55.1 Å². The van der Waals surface area contributed by atoms with Gasteiger partial charge in [0.1, 0.15) is 5.76 Å². The zero-order chi connectivity index (χ0) is 14.0. The molecule has 4 nitrogen and oxygen atoms in total. The molecular formula is C14H15BrN2O2. The lowest BCUT2D eigenvalue weighted by Gasteiger charge is -2.08. The third-order valence-corrected chi connectivity index (χ3v) is 3.98. The van der Waals surface area contributed by atoms with Crippen molar-refractivity contribution in [3.05, 3.63) is 50.8 Å². The molecule has 0 unspecified atom stereocenters. The number of carbonyl (C=O) groups excluding carboxylic acids is 1. The van der Waals surface area contributed by atoms with Crippen molar-refractivity contribution in [3.8, 4) is 0 Å². The number of halogens is 1. The predicted molar refractivity (Wildman–Crippen MR) is 76.0 cm³/mol. The van der Waals surface area contributed by atoms with E-state index in [4.69, 9.17) is 4.52 Å². The fourth-order valence-corrected chi connectivity index (χ4v) is 2.24. The van der Waals surface area contributed by atoms with Gasteiger partial charge in [0.05, 0.1) is 5.69 Å². The Bertz CT molecular complexity index is 600. The van der Waals surface area contributed by atoms with Crippen molar-refractivity contribution in [3.63, 3.8) is 0 Å². The number of carbonyl (C=O) groups is 1. The Morgan fingerprint density at radius 3 is 2.74 bits per heavy atom. The van der Waals surface area contributed by atoms with E-state index in [1.54, 1.807) is 0 Å². The summed E-state index contributed by atoms with van der Waals surface area (Å²) >= 11 is 3.42. The summed E-state index contributed by atoms with van der Waals surface area (Å²) in [6.07, 6.45) is 0. The Kier molecular flexibility index (Phi) is 4.04. The van der Waals surface area contributed by atoms with E-state index in [9.17, 15) is 4.79 Å². The summed E-state index contributed by atoms with van der Waals surface area (Å²) in [5, 5.41) is 6.76. The molecule has 2 aromatic rings. The average Bonchev–Trinajstić information content (AvgIpc) is 2.70. The van der Waals surface area contributed by atoms with Crippen molar-refractivity contribution in [2.45, 2.75) is 27.3 Å². The van der Waals surface area contributed by atoms with Crippen LogP contribution in [0.25, 0.3) is 0 Å². The second kappa shape index (κ2) is 5.57. The van der Waals surface area contributed by atoms with Crippen LogP contribution in [0, 0.1) is 20.8 Å². The summed E-state index contributed by atoms with van der Waals surface area (Å²) in [5.41, 5.74) is 3.34.